The Hall–Kier alpha value is 1.70. The quantitative estimate of drug-likeness (QED) is 0.511. The Bertz CT molecular complexity index is 125. The van der Waals surface area contributed by atoms with E-state index in [0.29, 0.717) is 0 Å². The molecule has 0 radical (unpaired) electrons. The van der Waals surface area contributed by atoms with E-state index in [-0.39, 0.29) is 0 Å². The van der Waals surface area contributed by atoms with Gasteiger partial charge in [0, 0.05) is 0 Å². The molecule has 0 aromatic rings. The van der Waals surface area contributed by atoms with Gasteiger partial charge in [0.15, 0.2) is 0 Å². The van der Waals surface area contributed by atoms with Crippen LogP contribution in [0.25, 0.3) is 0 Å². The first-order valence-corrected chi connectivity index (χ1v) is 10.7. The van der Waals surface area contributed by atoms with Gasteiger partial charge in [-0.3, -0.25) is 0 Å². The molecular weight excluding hydrogens is 231 g/mol. The largest absolute Gasteiger partial charge is 0.726 e. The minimum absolute atomic E-state index is 1.14. The molecule has 5 heteroatoms. The van der Waals surface area contributed by atoms with Gasteiger partial charge in [0.1, 0.15) is 0 Å². The van der Waals surface area contributed by atoms with Gasteiger partial charge in [0.25, 0.3) is 0 Å². The van der Waals surface area contributed by atoms with E-state index in [9.17, 15) is 0 Å². The molecule has 0 aromatic heterocycles. The summed E-state index contributed by atoms with van der Waals surface area (Å²) < 4.78 is -1.48. The van der Waals surface area contributed by atoms with Crippen molar-refractivity contribution in [3.63, 3.8) is 0 Å². The first kappa shape index (κ1) is 12.7. The summed E-state index contributed by atoms with van der Waals surface area (Å²) in [6.45, 7) is 4.34. The molecular formula is C6H14PS4-. The lowest BCUT2D eigenvalue weighted by Gasteiger charge is -2.26. The second-order valence-electron chi connectivity index (χ2n) is 2.11. The van der Waals surface area contributed by atoms with E-state index < -0.39 is 3.64 Å². The first-order valence-electron chi connectivity index (χ1n) is 3.72. The molecule has 0 atom stereocenters. The van der Waals surface area contributed by atoms with E-state index in [1.54, 1.807) is 0 Å². The molecule has 0 aliphatic heterocycles. The van der Waals surface area contributed by atoms with Crippen LogP contribution in [0.5, 0.6) is 0 Å². The molecule has 0 unspecified atom stereocenters. The number of rotatable bonds is 6. The molecule has 0 aromatic carbocycles. The fourth-order valence-corrected chi connectivity index (χ4v) is 8.69. The summed E-state index contributed by atoms with van der Waals surface area (Å²) >= 11 is 14.3. The van der Waals surface area contributed by atoms with Gasteiger partial charge < -0.3 is 12.2 Å². The lowest BCUT2D eigenvalue weighted by atomic mass is 10.6. The van der Waals surface area contributed by atoms with Crippen molar-refractivity contribution in [2.24, 2.45) is 0 Å². The smallest absolute Gasteiger partial charge is 0.00313 e. The normalized spacial score (nSPS) is 11.9. The third-order valence-corrected chi connectivity index (χ3v) is 11.4. The molecule has 0 heterocycles. The van der Waals surface area contributed by atoms with Crippen molar-refractivity contribution in [1.82, 2.24) is 0 Å². The fraction of sp³-hybridized carbons (Fsp3) is 1.00. The highest BCUT2D eigenvalue weighted by molar-refractivity contribution is 9.17. The van der Waals surface area contributed by atoms with Crippen molar-refractivity contribution < 1.29 is 0 Å². The lowest BCUT2D eigenvalue weighted by molar-refractivity contribution is 1.11. The van der Waals surface area contributed by atoms with E-state index in [2.05, 4.69) is 13.8 Å². The SMILES string of the molecule is CCCSP(=S)([S-])SCCC. The maximum atomic E-state index is 5.33. The van der Waals surface area contributed by atoms with E-state index in [1.165, 1.54) is 12.8 Å². The molecule has 0 aliphatic rings. The van der Waals surface area contributed by atoms with Crippen LogP contribution in [0.4, 0.5) is 0 Å². The van der Waals surface area contributed by atoms with Crippen LogP contribution in [0.1, 0.15) is 26.7 Å². The Balaban J connectivity index is 3.53. The topological polar surface area (TPSA) is 0 Å². The summed E-state index contributed by atoms with van der Waals surface area (Å²) in [5, 5.41) is 0. The Morgan fingerprint density at radius 3 is 1.82 bits per heavy atom. The molecule has 0 aliphatic carbocycles. The van der Waals surface area contributed by atoms with Gasteiger partial charge in [-0.2, -0.15) is 0 Å². The zero-order chi connectivity index (χ0) is 8.74. The second-order valence-corrected chi connectivity index (χ2v) is 16.6. The molecule has 0 saturated carbocycles. The summed E-state index contributed by atoms with van der Waals surface area (Å²) in [4.78, 5) is 0. The van der Waals surface area contributed by atoms with Gasteiger partial charge in [0.05, 0.1) is 0 Å². The summed E-state index contributed by atoms with van der Waals surface area (Å²) in [7, 11) is 0. The monoisotopic (exact) mass is 245 g/mol. The van der Waals surface area contributed by atoms with E-state index in [1.807, 2.05) is 22.8 Å². The molecule has 0 N–H and O–H groups in total. The standard InChI is InChI=1S/C6H15PS4/c1-3-5-10-7(8,9)11-6-4-2/h3-6H2,1-2H3,(H,8,9)/p-1. The number of hydrogen-bond acceptors (Lipinski definition) is 4. The fourth-order valence-electron chi connectivity index (χ4n) is 0.443. The minimum Gasteiger partial charge on any atom is -0.726 e. The van der Waals surface area contributed by atoms with Gasteiger partial charge >= 0.3 is 0 Å². The molecule has 0 spiro atoms. The van der Waals surface area contributed by atoms with Crippen LogP contribution in [0, 0.1) is 0 Å². The predicted molar refractivity (Wildman–Crippen MR) is 67.1 cm³/mol. The average Bonchev–Trinajstić information content (AvgIpc) is 1.97. The van der Waals surface area contributed by atoms with Crippen molar-refractivity contribution in [1.29, 1.82) is 0 Å². The van der Waals surface area contributed by atoms with Crippen LogP contribution in [0.15, 0.2) is 0 Å². The Kier molecular flexibility index (Phi) is 8.24. The lowest BCUT2D eigenvalue weighted by Crippen LogP contribution is -1.74. The molecule has 68 valence electrons. The highest BCUT2D eigenvalue weighted by Crippen LogP contribution is 2.67. The zero-order valence-electron chi connectivity index (χ0n) is 6.91. The van der Waals surface area contributed by atoms with Crippen LogP contribution >= 0.6 is 26.4 Å². The number of hydrogen-bond donors (Lipinski definition) is 0. The third-order valence-electron chi connectivity index (χ3n) is 0.907. The molecule has 11 heavy (non-hydrogen) atoms. The molecule has 0 rings (SSSR count). The van der Waals surface area contributed by atoms with Crippen LogP contribution in [0.3, 0.4) is 0 Å². The van der Waals surface area contributed by atoms with Gasteiger partial charge in [0.2, 0.25) is 0 Å². The summed E-state index contributed by atoms with van der Waals surface area (Å²) in [6, 6.07) is 0. The van der Waals surface area contributed by atoms with E-state index in [4.69, 9.17) is 24.1 Å². The van der Waals surface area contributed by atoms with E-state index >= 15 is 0 Å². The first-order chi connectivity index (χ1) is 5.12. The van der Waals surface area contributed by atoms with Gasteiger partial charge in [-0.1, -0.05) is 17.5 Å². The molecule has 0 amide bonds. The van der Waals surface area contributed by atoms with Crippen molar-refractivity contribution in [2.45, 2.75) is 26.7 Å². The predicted octanol–water partition coefficient (Wildman–Crippen LogP) is 4.04. The van der Waals surface area contributed by atoms with Crippen molar-refractivity contribution in [3.8, 4) is 0 Å². The maximum absolute atomic E-state index is 5.33. The highest BCUT2D eigenvalue weighted by atomic mass is 33.5. The van der Waals surface area contributed by atoms with Crippen molar-refractivity contribution in [3.05, 3.63) is 0 Å². The summed E-state index contributed by atoms with van der Waals surface area (Å²) in [5.74, 6) is 2.27. The van der Waals surface area contributed by atoms with Crippen LogP contribution in [-0.4, -0.2) is 11.5 Å². The molecule has 0 saturated heterocycles. The van der Waals surface area contributed by atoms with Crippen LogP contribution in [-0.2, 0) is 24.1 Å². The maximum Gasteiger partial charge on any atom is -0.00313 e. The van der Waals surface area contributed by atoms with Crippen molar-refractivity contribution >= 4 is 50.5 Å². The molecule has 0 nitrogen and oxygen atoms in total. The van der Waals surface area contributed by atoms with Crippen molar-refractivity contribution in [2.75, 3.05) is 11.5 Å². The van der Waals surface area contributed by atoms with E-state index in [0.717, 1.165) is 11.5 Å². The Morgan fingerprint density at radius 1 is 1.18 bits per heavy atom. The molecule has 0 bridgehead atoms. The van der Waals surface area contributed by atoms with Crippen LogP contribution < -0.4 is 0 Å². The minimum atomic E-state index is -1.48. The van der Waals surface area contributed by atoms with Crippen LogP contribution in [0.2, 0.25) is 0 Å². The third kappa shape index (κ3) is 8.04. The van der Waals surface area contributed by atoms with Gasteiger partial charge in [-0.25, -0.2) is 0 Å². The summed E-state index contributed by atoms with van der Waals surface area (Å²) in [6.07, 6.45) is 2.37. The second kappa shape index (κ2) is 7.14. The Labute approximate surface area is 88.3 Å². The average molecular weight is 245 g/mol. The molecule has 0 fully saturated rings. The zero-order valence-corrected chi connectivity index (χ0v) is 11.1. The van der Waals surface area contributed by atoms with Gasteiger partial charge in [-0.15, -0.1) is 34.6 Å². The summed E-state index contributed by atoms with van der Waals surface area (Å²) in [5.41, 5.74) is 0. The van der Waals surface area contributed by atoms with Gasteiger partial charge in [-0.05, 0) is 24.3 Å². The Morgan fingerprint density at radius 2 is 1.55 bits per heavy atom. The highest BCUT2D eigenvalue weighted by Gasteiger charge is 1.99.